The van der Waals surface area contributed by atoms with E-state index < -0.39 is 77.4 Å². The summed E-state index contributed by atoms with van der Waals surface area (Å²) in [6.45, 7) is 12.8. The molecule has 2 saturated carbocycles. The van der Waals surface area contributed by atoms with Crippen LogP contribution in [0.5, 0.6) is 0 Å². The van der Waals surface area contributed by atoms with Gasteiger partial charge in [-0.15, -0.1) is 0 Å². The Labute approximate surface area is 205 Å². The molecule has 0 aromatic rings. The van der Waals surface area contributed by atoms with Crippen LogP contribution < -0.4 is 0 Å². The third-order valence-corrected chi connectivity index (χ3v) is 8.07. The van der Waals surface area contributed by atoms with Crippen LogP contribution in [0.1, 0.15) is 60.8 Å². The van der Waals surface area contributed by atoms with E-state index in [-0.39, 0.29) is 18.4 Å². The van der Waals surface area contributed by atoms with Crippen molar-refractivity contribution in [3.8, 4) is 0 Å². The van der Waals surface area contributed by atoms with Gasteiger partial charge in [0.15, 0.2) is 5.78 Å². The molecule has 0 radical (unpaired) electrons. The fourth-order valence-electron chi connectivity index (χ4n) is 6.76. The third-order valence-electron chi connectivity index (χ3n) is 8.07. The number of hydrogen-bond acceptors (Lipinski definition) is 9. The Morgan fingerprint density at radius 2 is 1.60 bits per heavy atom. The summed E-state index contributed by atoms with van der Waals surface area (Å²) in [5.74, 6) is -3.63. The number of fused-ring (bicyclic) bond motifs is 3. The van der Waals surface area contributed by atoms with E-state index in [1.165, 1.54) is 20.8 Å². The molecular formula is C26H36O9. The molecule has 0 spiro atoms. The van der Waals surface area contributed by atoms with Crippen LogP contribution in [0, 0.1) is 22.7 Å². The van der Waals surface area contributed by atoms with Crippen molar-refractivity contribution >= 4 is 23.7 Å². The minimum Gasteiger partial charge on any atom is -0.462 e. The lowest BCUT2D eigenvalue weighted by molar-refractivity contribution is -0.189. The van der Waals surface area contributed by atoms with E-state index in [1.54, 1.807) is 20.8 Å². The molecule has 2 fully saturated rings. The van der Waals surface area contributed by atoms with Crippen molar-refractivity contribution in [1.82, 2.24) is 0 Å². The van der Waals surface area contributed by atoms with Gasteiger partial charge in [0.1, 0.15) is 24.4 Å². The molecule has 0 amide bonds. The lowest BCUT2D eigenvalue weighted by atomic mass is 9.49. The first kappa shape index (κ1) is 27.1. The Kier molecular flexibility index (Phi) is 7.35. The molecule has 0 unspecified atom stereocenters. The van der Waals surface area contributed by atoms with E-state index in [0.717, 1.165) is 0 Å². The van der Waals surface area contributed by atoms with E-state index >= 15 is 0 Å². The molecule has 0 saturated heterocycles. The van der Waals surface area contributed by atoms with Crippen molar-refractivity contribution < 1.29 is 43.6 Å². The van der Waals surface area contributed by atoms with Crippen molar-refractivity contribution in [2.24, 2.45) is 22.7 Å². The molecule has 0 aliphatic heterocycles. The maximum Gasteiger partial charge on any atom is 0.303 e. The molecule has 3 aliphatic rings. The first-order valence-corrected chi connectivity index (χ1v) is 11.9. The summed E-state index contributed by atoms with van der Waals surface area (Å²) in [6, 6.07) is 0. The van der Waals surface area contributed by atoms with Crippen molar-refractivity contribution in [2.45, 2.75) is 85.2 Å². The van der Waals surface area contributed by atoms with Gasteiger partial charge >= 0.3 is 17.9 Å². The van der Waals surface area contributed by atoms with Crippen molar-refractivity contribution in [1.29, 1.82) is 0 Å². The Hall–Kier alpha value is -2.52. The molecule has 3 rings (SSSR count). The van der Waals surface area contributed by atoms with E-state index in [0.29, 0.717) is 17.6 Å². The molecule has 35 heavy (non-hydrogen) atoms. The van der Waals surface area contributed by atoms with E-state index in [2.05, 4.69) is 6.58 Å². The van der Waals surface area contributed by atoms with Gasteiger partial charge in [0.2, 0.25) is 0 Å². The topological polar surface area (TPSA) is 136 Å². The summed E-state index contributed by atoms with van der Waals surface area (Å²) < 4.78 is 17.1. The van der Waals surface area contributed by atoms with E-state index in [4.69, 9.17) is 14.2 Å². The third kappa shape index (κ3) is 4.56. The quantitative estimate of drug-likeness (QED) is 0.343. The van der Waals surface area contributed by atoms with Crippen LogP contribution in [0.15, 0.2) is 23.3 Å². The van der Waals surface area contributed by atoms with Crippen LogP contribution in [-0.2, 0) is 33.4 Å². The van der Waals surface area contributed by atoms with Gasteiger partial charge in [0.05, 0.1) is 6.61 Å². The minimum atomic E-state index is -1.48. The van der Waals surface area contributed by atoms with Crippen molar-refractivity contribution in [2.75, 3.05) is 6.61 Å². The second kappa shape index (κ2) is 9.50. The standard InChI is InChI=1S/C26H36O9/c1-12-17(33-13(2)28)8-9-26(7)19(12)23(35-15(4)30)21-18(34-14(3)29)10-16(11-27)20(25(21,5)6)22(31)24(26)32/h17-19,21,23-24,27,32H,1,8-11H2,2-7H3/t17-,18-,19+,21-,23-,24+,26-/m0/s1. The van der Waals surface area contributed by atoms with Gasteiger partial charge in [-0.2, -0.15) is 0 Å². The minimum absolute atomic E-state index is 0.0546. The molecular weight excluding hydrogens is 456 g/mol. The average Bonchev–Trinajstić information content (AvgIpc) is 2.72. The zero-order chi connectivity index (χ0) is 26.5. The van der Waals surface area contributed by atoms with Gasteiger partial charge in [-0.3, -0.25) is 19.2 Å². The number of esters is 3. The number of ether oxygens (including phenoxy) is 3. The highest BCUT2D eigenvalue weighted by Crippen LogP contribution is 2.59. The molecule has 2 N–H and O–H groups in total. The zero-order valence-corrected chi connectivity index (χ0v) is 21.3. The Morgan fingerprint density at radius 3 is 2.11 bits per heavy atom. The summed E-state index contributed by atoms with van der Waals surface area (Å²) >= 11 is 0. The van der Waals surface area contributed by atoms with Gasteiger partial charge in [0.25, 0.3) is 0 Å². The Bertz CT molecular complexity index is 977. The number of aliphatic hydroxyl groups excluding tert-OH is 2. The fourth-order valence-corrected chi connectivity index (χ4v) is 6.76. The largest absolute Gasteiger partial charge is 0.462 e. The fraction of sp³-hybridized carbons (Fsp3) is 0.692. The van der Waals surface area contributed by atoms with Gasteiger partial charge in [0, 0.05) is 55.4 Å². The first-order valence-electron chi connectivity index (χ1n) is 11.9. The number of carbonyl (C=O) groups excluding carboxylic acids is 4. The lowest BCUT2D eigenvalue weighted by Crippen LogP contribution is -2.63. The molecule has 7 atom stereocenters. The van der Waals surface area contributed by atoms with Gasteiger partial charge in [-0.05, 0) is 24.0 Å². The van der Waals surface area contributed by atoms with Crippen molar-refractivity contribution in [3.05, 3.63) is 23.3 Å². The molecule has 2 bridgehead atoms. The first-order chi connectivity index (χ1) is 16.2. The molecule has 194 valence electrons. The van der Waals surface area contributed by atoms with Crippen LogP contribution in [0.25, 0.3) is 0 Å². The van der Waals surface area contributed by atoms with E-state index in [1.807, 2.05) is 0 Å². The maximum absolute atomic E-state index is 13.8. The van der Waals surface area contributed by atoms with Crippen LogP contribution in [0.2, 0.25) is 0 Å². The number of hydrogen-bond donors (Lipinski definition) is 2. The predicted octanol–water partition coefficient (Wildman–Crippen LogP) is 2.03. The van der Waals surface area contributed by atoms with Crippen molar-refractivity contribution in [3.63, 3.8) is 0 Å². The van der Waals surface area contributed by atoms with Gasteiger partial charge in [-0.25, -0.2) is 0 Å². The molecule has 9 heteroatoms. The predicted molar refractivity (Wildman–Crippen MR) is 124 cm³/mol. The average molecular weight is 493 g/mol. The summed E-state index contributed by atoms with van der Waals surface area (Å²) in [6.07, 6.45) is -3.27. The summed E-state index contributed by atoms with van der Waals surface area (Å²) in [4.78, 5) is 50.1. The Morgan fingerprint density at radius 1 is 1.03 bits per heavy atom. The molecule has 0 heterocycles. The smallest absolute Gasteiger partial charge is 0.303 e. The Balaban J connectivity index is 2.32. The van der Waals surface area contributed by atoms with Gasteiger partial charge in [-0.1, -0.05) is 27.4 Å². The second-order valence-corrected chi connectivity index (χ2v) is 10.8. The second-order valence-electron chi connectivity index (χ2n) is 10.8. The summed E-state index contributed by atoms with van der Waals surface area (Å²) in [5.41, 5.74) is -1.08. The van der Waals surface area contributed by atoms with Crippen LogP contribution in [0.4, 0.5) is 0 Å². The highest BCUT2D eigenvalue weighted by atomic mass is 16.6. The van der Waals surface area contributed by atoms with E-state index in [9.17, 15) is 29.4 Å². The van der Waals surface area contributed by atoms with Gasteiger partial charge < -0.3 is 24.4 Å². The number of rotatable bonds is 4. The highest BCUT2D eigenvalue weighted by molar-refractivity contribution is 6.01. The number of carbonyl (C=O) groups is 4. The summed E-state index contributed by atoms with van der Waals surface area (Å²) in [7, 11) is 0. The maximum atomic E-state index is 13.8. The highest BCUT2D eigenvalue weighted by Gasteiger charge is 2.63. The molecule has 0 aromatic heterocycles. The zero-order valence-electron chi connectivity index (χ0n) is 21.3. The van der Waals surface area contributed by atoms with Crippen LogP contribution >= 0.6 is 0 Å². The monoisotopic (exact) mass is 492 g/mol. The SMILES string of the molecule is C=C1[C@@H](OC(C)=O)CC[C@]2(C)[C@H](O)C(=O)C3=C(CO)C[C@H](OC(C)=O)[C@@H]([C@@H](OC(C)=O)[C@@H]12)C3(C)C. The number of Topliss-reactive ketones (excluding diaryl/α,β-unsaturated/α-hetero) is 1. The molecule has 0 aromatic carbocycles. The summed E-state index contributed by atoms with van der Waals surface area (Å²) in [5, 5.41) is 21.6. The molecule has 3 aliphatic carbocycles. The molecule has 9 nitrogen and oxygen atoms in total. The number of aliphatic hydroxyl groups is 2. The lowest BCUT2D eigenvalue weighted by Gasteiger charge is -2.58. The van der Waals surface area contributed by atoms with Crippen LogP contribution in [0.3, 0.4) is 0 Å². The van der Waals surface area contributed by atoms with Crippen LogP contribution in [-0.4, -0.2) is 64.9 Å². The number of ketones is 1. The normalized spacial score (nSPS) is 36.5.